The maximum atomic E-state index is 5.14. The predicted molar refractivity (Wildman–Crippen MR) is 92.0 cm³/mol. The van der Waals surface area contributed by atoms with Crippen molar-refractivity contribution < 1.29 is 4.74 Å². The molecule has 0 aliphatic carbocycles. The van der Waals surface area contributed by atoms with Crippen LogP contribution in [0.15, 0.2) is 24.3 Å². The molecule has 1 N–H and O–H groups in total. The molecule has 0 unspecified atom stereocenters. The van der Waals surface area contributed by atoms with E-state index in [9.17, 15) is 0 Å². The zero-order chi connectivity index (χ0) is 15.1. The van der Waals surface area contributed by atoms with Gasteiger partial charge in [0.1, 0.15) is 0 Å². The summed E-state index contributed by atoms with van der Waals surface area (Å²) in [6.45, 7) is 7.05. The molecule has 0 amide bonds. The number of methoxy groups -OCH3 is 1. The second-order valence-corrected chi connectivity index (χ2v) is 6.50. The topological polar surface area (TPSA) is 24.5 Å². The summed E-state index contributed by atoms with van der Waals surface area (Å²) in [4.78, 5) is 3.86. The van der Waals surface area contributed by atoms with Crippen molar-refractivity contribution in [2.75, 3.05) is 33.9 Å². The molecule has 0 radical (unpaired) electrons. The number of fused-ring (bicyclic) bond motifs is 1. The summed E-state index contributed by atoms with van der Waals surface area (Å²) in [5, 5.41) is 4.87. The van der Waals surface area contributed by atoms with Gasteiger partial charge in [-0.15, -0.1) is 11.3 Å². The second kappa shape index (κ2) is 8.49. The summed E-state index contributed by atoms with van der Waals surface area (Å²) in [5.41, 5.74) is 1.48. The molecule has 0 fully saturated rings. The summed E-state index contributed by atoms with van der Waals surface area (Å²) >= 11 is 1.92. The molecule has 0 aliphatic heterocycles. The molecule has 0 spiro atoms. The SMILES string of the molecule is CCNCc1sc2ccccc2c1CN(C)CCCOC. The van der Waals surface area contributed by atoms with Gasteiger partial charge in [0.2, 0.25) is 0 Å². The molecule has 0 bridgehead atoms. The maximum Gasteiger partial charge on any atom is 0.0474 e. The number of ether oxygens (including phenoxy) is 1. The Balaban J connectivity index is 2.15. The second-order valence-electron chi connectivity index (χ2n) is 5.36. The van der Waals surface area contributed by atoms with E-state index in [1.54, 1.807) is 7.11 Å². The van der Waals surface area contributed by atoms with E-state index in [4.69, 9.17) is 4.74 Å². The van der Waals surface area contributed by atoms with Gasteiger partial charge in [0.05, 0.1) is 0 Å². The summed E-state index contributed by atoms with van der Waals surface area (Å²) in [6, 6.07) is 8.74. The van der Waals surface area contributed by atoms with Crippen LogP contribution in [0.25, 0.3) is 10.1 Å². The van der Waals surface area contributed by atoms with Gasteiger partial charge in [0.25, 0.3) is 0 Å². The number of hydrogen-bond acceptors (Lipinski definition) is 4. The van der Waals surface area contributed by atoms with E-state index in [1.165, 1.54) is 20.5 Å². The first-order chi connectivity index (χ1) is 10.3. The van der Waals surface area contributed by atoms with Crippen LogP contribution in [0.4, 0.5) is 0 Å². The predicted octanol–water partition coefficient (Wildman–Crippen LogP) is 3.48. The van der Waals surface area contributed by atoms with Crippen LogP contribution in [-0.4, -0.2) is 38.8 Å². The number of nitrogens with one attached hydrogen (secondary N) is 1. The normalized spacial score (nSPS) is 11.6. The zero-order valence-corrected chi connectivity index (χ0v) is 14.1. The average molecular weight is 306 g/mol. The minimum atomic E-state index is 0.832. The molecule has 4 heteroatoms. The van der Waals surface area contributed by atoms with Gasteiger partial charge in [0.15, 0.2) is 0 Å². The Morgan fingerprint density at radius 3 is 2.86 bits per heavy atom. The molecular weight excluding hydrogens is 280 g/mol. The Hall–Kier alpha value is -0.940. The molecule has 2 aromatic rings. The lowest BCUT2D eigenvalue weighted by Crippen LogP contribution is -2.21. The average Bonchev–Trinajstić information content (AvgIpc) is 2.83. The fourth-order valence-corrected chi connectivity index (χ4v) is 3.72. The molecule has 0 saturated carbocycles. The summed E-state index contributed by atoms with van der Waals surface area (Å²) < 4.78 is 6.53. The van der Waals surface area contributed by atoms with Crippen molar-refractivity contribution in [2.45, 2.75) is 26.4 Å². The number of benzene rings is 1. The van der Waals surface area contributed by atoms with Gasteiger partial charge < -0.3 is 15.0 Å². The Labute approximate surface area is 131 Å². The van der Waals surface area contributed by atoms with Crippen LogP contribution < -0.4 is 5.32 Å². The molecule has 116 valence electrons. The highest BCUT2D eigenvalue weighted by Gasteiger charge is 2.13. The van der Waals surface area contributed by atoms with Gasteiger partial charge in [-0.3, -0.25) is 0 Å². The van der Waals surface area contributed by atoms with Crippen LogP contribution in [-0.2, 0) is 17.8 Å². The molecule has 0 aliphatic rings. The lowest BCUT2D eigenvalue weighted by Gasteiger charge is -2.17. The molecular formula is C17H26N2OS. The van der Waals surface area contributed by atoms with Crippen LogP contribution in [0.2, 0.25) is 0 Å². The molecule has 1 aromatic heterocycles. The minimum absolute atomic E-state index is 0.832. The van der Waals surface area contributed by atoms with Gasteiger partial charge >= 0.3 is 0 Å². The molecule has 3 nitrogen and oxygen atoms in total. The Kier molecular flexibility index (Phi) is 6.64. The van der Waals surface area contributed by atoms with Crippen LogP contribution in [0.1, 0.15) is 23.8 Å². The van der Waals surface area contributed by atoms with Gasteiger partial charge in [-0.2, -0.15) is 0 Å². The highest BCUT2D eigenvalue weighted by molar-refractivity contribution is 7.19. The summed E-state index contributed by atoms with van der Waals surface area (Å²) in [6.07, 6.45) is 1.08. The van der Waals surface area contributed by atoms with E-state index < -0.39 is 0 Å². The number of hydrogen-bond donors (Lipinski definition) is 1. The van der Waals surface area contributed by atoms with Crippen LogP contribution >= 0.6 is 11.3 Å². The minimum Gasteiger partial charge on any atom is -0.385 e. The standard InChI is InChI=1S/C17H26N2OS/c1-4-18-12-17-15(13-19(2)10-7-11-20-3)14-8-5-6-9-16(14)21-17/h5-6,8-9,18H,4,7,10-13H2,1-3H3. The van der Waals surface area contributed by atoms with Gasteiger partial charge in [-0.1, -0.05) is 25.1 Å². The first-order valence-electron chi connectivity index (χ1n) is 7.63. The lowest BCUT2D eigenvalue weighted by atomic mass is 10.1. The maximum absolute atomic E-state index is 5.14. The first-order valence-corrected chi connectivity index (χ1v) is 8.45. The highest BCUT2D eigenvalue weighted by Crippen LogP contribution is 2.32. The third-order valence-corrected chi connectivity index (χ3v) is 4.85. The number of nitrogens with zero attached hydrogens (tertiary/aromatic N) is 1. The van der Waals surface area contributed by atoms with Crippen LogP contribution in [0, 0.1) is 0 Å². The van der Waals surface area contributed by atoms with E-state index >= 15 is 0 Å². The van der Waals surface area contributed by atoms with E-state index in [1.807, 2.05) is 11.3 Å². The molecule has 1 aromatic carbocycles. The fourth-order valence-electron chi connectivity index (χ4n) is 2.53. The Morgan fingerprint density at radius 1 is 1.29 bits per heavy atom. The van der Waals surface area contributed by atoms with E-state index in [0.717, 1.165) is 39.2 Å². The van der Waals surface area contributed by atoms with Crippen molar-refractivity contribution in [2.24, 2.45) is 0 Å². The van der Waals surface area contributed by atoms with Gasteiger partial charge in [0, 0.05) is 42.9 Å². The first kappa shape index (κ1) is 16.4. The monoisotopic (exact) mass is 306 g/mol. The van der Waals surface area contributed by atoms with Crippen LogP contribution in [0.3, 0.4) is 0 Å². The fraction of sp³-hybridized carbons (Fsp3) is 0.529. The smallest absolute Gasteiger partial charge is 0.0474 e. The third-order valence-electron chi connectivity index (χ3n) is 3.63. The van der Waals surface area contributed by atoms with Gasteiger partial charge in [-0.05, 0) is 37.0 Å². The summed E-state index contributed by atoms with van der Waals surface area (Å²) in [7, 11) is 3.96. The molecule has 2 rings (SSSR count). The quantitative estimate of drug-likeness (QED) is 0.718. The third kappa shape index (κ3) is 4.51. The largest absolute Gasteiger partial charge is 0.385 e. The summed E-state index contributed by atoms with van der Waals surface area (Å²) in [5.74, 6) is 0. The number of rotatable bonds is 9. The van der Waals surface area contributed by atoms with E-state index in [0.29, 0.717) is 0 Å². The number of thiophene rings is 1. The molecule has 1 heterocycles. The van der Waals surface area contributed by atoms with Crippen LogP contribution in [0.5, 0.6) is 0 Å². The Morgan fingerprint density at radius 2 is 2.10 bits per heavy atom. The molecule has 0 saturated heterocycles. The Bertz CT molecular complexity index is 553. The van der Waals surface area contributed by atoms with Crippen molar-refractivity contribution >= 4 is 21.4 Å². The highest BCUT2D eigenvalue weighted by atomic mass is 32.1. The van der Waals surface area contributed by atoms with Gasteiger partial charge in [-0.25, -0.2) is 0 Å². The van der Waals surface area contributed by atoms with E-state index in [2.05, 4.69) is 48.5 Å². The lowest BCUT2D eigenvalue weighted by molar-refractivity contribution is 0.178. The van der Waals surface area contributed by atoms with Crippen molar-refractivity contribution in [3.63, 3.8) is 0 Å². The molecule has 21 heavy (non-hydrogen) atoms. The van der Waals surface area contributed by atoms with E-state index in [-0.39, 0.29) is 0 Å². The molecule has 0 atom stereocenters. The van der Waals surface area contributed by atoms with Crippen molar-refractivity contribution in [1.29, 1.82) is 0 Å². The zero-order valence-electron chi connectivity index (χ0n) is 13.3. The van der Waals surface area contributed by atoms with Crippen molar-refractivity contribution in [1.82, 2.24) is 10.2 Å². The van der Waals surface area contributed by atoms with Crippen molar-refractivity contribution in [3.8, 4) is 0 Å². The van der Waals surface area contributed by atoms with Crippen molar-refractivity contribution in [3.05, 3.63) is 34.7 Å².